The molecular weight excluding hydrogens is 295 g/mol. The molecule has 0 heterocycles. The molecule has 1 aromatic carbocycles. The summed E-state index contributed by atoms with van der Waals surface area (Å²) in [7, 11) is 0. The van der Waals surface area contributed by atoms with Crippen molar-refractivity contribution in [2.24, 2.45) is 5.92 Å². The van der Waals surface area contributed by atoms with E-state index in [-0.39, 0.29) is 12.5 Å². The summed E-state index contributed by atoms with van der Waals surface area (Å²) in [5.41, 5.74) is 0.759. The summed E-state index contributed by atoms with van der Waals surface area (Å²) in [4.78, 5) is 12.0. The van der Waals surface area contributed by atoms with E-state index in [0.29, 0.717) is 22.0 Å². The predicted octanol–water partition coefficient (Wildman–Crippen LogP) is 4.10. The first-order valence-electron chi connectivity index (χ1n) is 7.04. The van der Waals surface area contributed by atoms with Crippen LogP contribution in [0.4, 0.5) is 5.69 Å². The molecule has 3 nitrogen and oxygen atoms in total. The summed E-state index contributed by atoms with van der Waals surface area (Å²) in [6.45, 7) is 2.44. The Bertz CT molecular complexity index is 459. The van der Waals surface area contributed by atoms with Gasteiger partial charge < -0.3 is 10.6 Å². The third-order valence-corrected chi connectivity index (χ3v) is 4.21. The number of benzene rings is 1. The maximum atomic E-state index is 12.0. The fourth-order valence-corrected chi connectivity index (χ4v) is 3.15. The quantitative estimate of drug-likeness (QED) is 0.878. The normalized spacial score (nSPS) is 22.4. The minimum absolute atomic E-state index is 0.0137. The lowest BCUT2D eigenvalue weighted by atomic mass is 9.86. The van der Waals surface area contributed by atoms with Crippen molar-refractivity contribution in [1.82, 2.24) is 5.32 Å². The number of amides is 1. The standard InChI is InChI=1S/C15H20Cl2N2O/c1-10-4-2-3-5-14(10)19-15(20)9-18-13-7-11(16)6-12(17)8-13/h6-8,10,14,18H,2-5,9H2,1H3,(H,19,20). The molecule has 0 aromatic heterocycles. The van der Waals surface area contributed by atoms with Crippen LogP contribution in [0.15, 0.2) is 18.2 Å². The number of hydrogen-bond acceptors (Lipinski definition) is 2. The number of hydrogen-bond donors (Lipinski definition) is 2. The Morgan fingerprint density at radius 2 is 1.85 bits per heavy atom. The molecule has 1 saturated carbocycles. The molecule has 2 N–H and O–H groups in total. The second-order valence-electron chi connectivity index (χ2n) is 5.45. The Hall–Kier alpha value is -0.930. The molecule has 5 heteroatoms. The van der Waals surface area contributed by atoms with Crippen LogP contribution in [0, 0.1) is 5.92 Å². The molecule has 110 valence electrons. The molecule has 0 aliphatic heterocycles. The van der Waals surface area contributed by atoms with Crippen molar-refractivity contribution < 1.29 is 4.79 Å². The lowest BCUT2D eigenvalue weighted by Gasteiger charge is -2.29. The van der Waals surface area contributed by atoms with Crippen molar-refractivity contribution in [1.29, 1.82) is 0 Å². The van der Waals surface area contributed by atoms with Gasteiger partial charge in [-0.15, -0.1) is 0 Å². The predicted molar refractivity (Wildman–Crippen MR) is 84.5 cm³/mol. The molecule has 0 radical (unpaired) electrons. The third-order valence-electron chi connectivity index (χ3n) is 3.77. The number of carbonyl (C=O) groups excluding carboxylic acids is 1. The highest BCUT2D eigenvalue weighted by Gasteiger charge is 2.22. The van der Waals surface area contributed by atoms with E-state index in [1.807, 2.05) is 0 Å². The topological polar surface area (TPSA) is 41.1 Å². The molecular formula is C15H20Cl2N2O. The Morgan fingerprint density at radius 1 is 1.20 bits per heavy atom. The van der Waals surface area contributed by atoms with Gasteiger partial charge in [0.1, 0.15) is 0 Å². The number of nitrogens with one attached hydrogen (secondary N) is 2. The van der Waals surface area contributed by atoms with E-state index in [1.54, 1.807) is 18.2 Å². The Kier molecular flexibility index (Phi) is 5.55. The average molecular weight is 315 g/mol. The average Bonchev–Trinajstić information content (AvgIpc) is 2.38. The van der Waals surface area contributed by atoms with Crippen LogP contribution in [0.3, 0.4) is 0 Å². The van der Waals surface area contributed by atoms with E-state index in [1.165, 1.54) is 19.3 Å². The molecule has 2 unspecified atom stereocenters. The zero-order valence-corrected chi connectivity index (χ0v) is 13.1. The van der Waals surface area contributed by atoms with Crippen molar-refractivity contribution in [3.8, 4) is 0 Å². The smallest absolute Gasteiger partial charge is 0.239 e. The van der Waals surface area contributed by atoms with Gasteiger partial charge >= 0.3 is 0 Å². The molecule has 0 bridgehead atoms. The summed E-state index contributed by atoms with van der Waals surface area (Å²) in [5, 5.41) is 7.26. The van der Waals surface area contributed by atoms with Gasteiger partial charge in [-0.3, -0.25) is 4.79 Å². The number of anilines is 1. The van der Waals surface area contributed by atoms with Gasteiger partial charge in [0.05, 0.1) is 6.54 Å². The zero-order chi connectivity index (χ0) is 14.5. The Morgan fingerprint density at radius 3 is 2.50 bits per heavy atom. The molecule has 0 spiro atoms. The minimum Gasteiger partial charge on any atom is -0.376 e. The third kappa shape index (κ3) is 4.57. The Balaban J connectivity index is 1.82. The van der Waals surface area contributed by atoms with Crippen molar-refractivity contribution in [3.05, 3.63) is 28.2 Å². The van der Waals surface area contributed by atoms with Gasteiger partial charge in [0.15, 0.2) is 0 Å². The van der Waals surface area contributed by atoms with Gasteiger partial charge in [-0.2, -0.15) is 0 Å². The SMILES string of the molecule is CC1CCCCC1NC(=O)CNc1cc(Cl)cc(Cl)c1. The summed E-state index contributed by atoms with van der Waals surface area (Å²) < 4.78 is 0. The fraction of sp³-hybridized carbons (Fsp3) is 0.533. The van der Waals surface area contributed by atoms with E-state index < -0.39 is 0 Å². The van der Waals surface area contributed by atoms with E-state index in [4.69, 9.17) is 23.2 Å². The summed E-state index contributed by atoms with van der Waals surface area (Å²) in [6, 6.07) is 5.48. The molecule has 2 rings (SSSR count). The van der Waals surface area contributed by atoms with Crippen molar-refractivity contribution in [3.63, 3.8) is 0 Å². The molecule has 1 aromatic rings. The van der Waals surface area contributed by atoms with Crippen molar-refractivity contribution in [2.45, 2.75) is 38.6 Å². The molecule has 2 atom stereocenters. The van der Waals surface area contributed by atoms with Crippen molar-refractivity contribution in [2.75, 3.05) is 11.9 Å². The van der Waals surface area contributed by atoms with Crippen LogP contribution in [0.25, 0.3) is 0 Å². The van der Waals surface area contributed by atoms with Crippen LogP contribution >= 0.6 is 23.2 Å². The minimum atomic E-state index is 0.0137. The number of carbonyl (C=O) groups is 1. The van der Waals surface area contributed by atoms with E-state index in [2.05, 4.69) is 17.6 Å². The van der Waals surface area contributed by atoms with E-state index in [9.17, 15) is 4.79 Å². The first-order chi connectivity index (χ1) is 9.54. The van der Waals surface area contributed by atoms with Gasteiger partial charge in [0, 0.05) is 21.8 Å². The molecule has 1 aliphatic rings. The number of rotatable bonds is 4. The maximum absolute atomic E-state index is 12.0. The summed E-state index contributed by atoms with van der Waals surface area (Å²) in [5.74, 6) is 0.577. The van der Waals surface area contributed by atoms with Crippen LogP contribution in [0.1, 0.15) is 32.6 Å². The van der Waals surface area contributed by atoms with Gasteiger partial charge in [-0.05, 0) is 37.0 Å². The molecule has 20 heavy (non-hydrogen) atoms. The van der Waals surface area contributed by atoms with Gasteiger partial charge in [-0.1, -0.05) is 43.0 Å². The second-order valence-corrected chi connectivity index (χ2v) is 6.32. The van der Waals surface area contributed by atoms with Crippen LogP contribution < -0.4 is 10.6 Å². The Labute approximate surface area is 130 Å². The highest BCUT2D eigenvalue weighted by molar-refractivity contribution is 6.35. The lowest BCUT2D eigenvalue weighted by molar-refractivity contribution is -0.120. The zero-order valence-electron chi connectivity index (χ0n) is 11.6. The first kappa shape index (κ1) is 15.5. The van der Waals surface area contributed by atoms with Gasteiger partial charge in [0.25, 0.3) is 0 Å². The molecule has 1 amide bonds. The first-order valence-corrected chi connectivity index (χ1v) is 7.79. The summed E-state index contributed by atoms with van der Waals surface area (Å²) in [6.07, 6.45) is 4.75. The monoisotopic (exact) mass is 314 g/mol. The highest BCUT2D eigenvalue weighted by Crippen LogP contribution is 2.24. The maximum Gasteiger partial charge on any atom is 0.239 e. The molecule has 1 fully saturated rings. The van der Waals surface area contributed by atoms with Gasteiger partial charge in [-0.25, -0.2) is 0 Å². The van der Waals surface area contributed by atoms with E-state index in [0.717, 1.165) is 12.1 Å². The summed E-state index contributed by atoms with van der Waals surface area (Å²) >= 11 is 11.8. The highest BCUT2D eigenvalue weighted by atomic mass is 35.5. The van der Waals surface area contributed by atoms with Crippen LogP contribution in [0.2, 0.25) is 10.0 Å². The van der Waals surface area contributed by atoms with Crippen molar-refractivity contribution >= 4 is 34.8 Å². The van der Waals surface area contributed by atoms with Crippen LogP contribution in [-0.2, 0) is 4.79 Å². The molecule has 0 saturated heterocycles. The lowest BCUT2D eigenvalue weighted by Crippen LogP contribution is -2.43. The van der Waals surface area contributed by atoms with Crippen LogP contribution in [0.5, 0.6) is 0 Å². The van der Waals surface area contributed by atoms with Gasteiger partial charge in [0.2, 0.25) is 5.91 Å². The fourth-order valence-electron chi connectivity index (χ4n) is 2.63. The molecule has 1 aliphatic carbocycles. The number of halogens is 2. The van der Waals surface area contributed by atoms with Crippen LogP contribution in [-0.4, -0.2) is 18.5 Å². The second kappa shape index (κ2) is 7.19. The van der Waals surface area contributed by atoms with E-state index >= 15 is 0 Å². The largest absolute Gasteiger partial charge is 0.376 e.